The van der Waals surface area contributed by atoms with E-state index in [0.717, 1.165) is 23.9 Å². The zero-order valence-corrected chi connectivity index (χ0v) is 13.1. The van der Waals surface area contributed by atoms with E-state index in [-0.39, 0.29) is 5.92 Å². The molecule has 2 aromatic heterocycles. The highest BCUT2D eigenvalue weighted by atomic mass is 35.5. The second-order valence-electron chi connectivity index (χ2n) is 4.78. The molecule has 2 rings (SSSR count). The Morgan fingerprint density at radius 1 is 1.37 bits per heavy atom. The average Bonchev–Trinajstić information content (AvgIpc) is 2.74. The van der Waals surface area contributed by atoms with Crippen LogP contribution in [0, 0.1) is 6.92 Å². The molecule has 0 N–H and O–H groups in total. The summed E-state index contributed by atoms with van der Waals surface area (Å²) in [4.78, 5) is 16.4. The van der Waals surface area contributed by atoms with E-state index in [1.54, 1.807) is 17.4 Å². The summed E-state index contributed by atoms with van der Waals surface area (Å²) in [6.07, 6.45) is 0. The highest BCUT2D eigenvalue weighted by Crippen LogP contribution is 2.22. The number of rotatable bonds is 4. The molecule has 0 amide bonds. The van der Waals surface area contributed by atoms with Gasteiger partial charge in [0.1, 0.15) is 16.8 Å². The summed E-state index contributed by atoms with van der Waals surface area (Å²) in [5.74, 6) is 1.88. The summed E-state index contributed by atoms with van der Waals surface area (Å²) in [7, 11) is 2.00. The van der Waals surface area contributed by atoms with Gasteiger partial charge in [-0.15, -0.1) is 11.3 Å². The largest absolute Gasteiger partial charge is 0.354 e. The maximum Gasteiger partial charge on any atom is 0.135 e. The minimum Gasteiger partial charge on any atom is -0.354 e. The molecule has 102 valence electrons. The van der Waals surface area contributed by atoms with Crippen molar-refractivity contribution in [3.05, 3.63) is 33.1 Å². The van der Waals surface area contributed by atoms with Crippen LogP contribution >= 0.6 is 22.9 Å². The van der Waals surface area contributed by atoms with Crippen LogP contribution in [0.3, 0.4) is 0 Å². The smallest absolute Gasteiger partial charge is 0.135 e. The lowest BCUT2D eigenvalue weighted by atomic mass is 10.2. The van der Waals surface area contributed by atoms with Crippen LogP contribution in [0.4, 0.5) is 5.82 Å². The zero-order chi connectivity index (χ0) is 14.0. The third kappa shape index (κ3) is 3.42. The van der Waals surface area contributed by atoms with Gasteiger partial charge in [-0.1, -0.05) is 25.4 Å². The fourth-order valence-corrected chi connectivity index (χ4v) is 2.66. The Morgan fingerprint density at radius 3 is 2.68 bits per heavy atom. The van der Waals surface area contributed by atoms with Crippen molar-refractivity contribution in [3.63, 3.8) is 0 Å². The van der Waals surface area contributed by atoms with E-state index in [4.69, 9.17) is 11.6 Å². The van der Waals surface area contributed by atoms with Gasteiger partial charge < -0.3 is 4.90 Å². The number of aromatic nitrogens is 3. The Morgan fingerprint density at radius 2 is 2.11 bits per heavy atom. The van der Waals surface area contributed by atoms with Crippen molar-refractivity contribution in [3.8, 4) is 0 Å². The summed E-state index contributed by atoms with van der Waals surface area (Å²) >= 11 is 7.72. The van der Waals surface area contributed by atoms with Gasteiger partial charge in [0.05, 0.1) is 17.7 Å². The molecule has 19 heavy (non-hydrogen) atoms. The van der Waals surface area contributed by atoms with Crippen LogP contribution in [0.15, 0.2) is 11.6 Å². The van der Waals surface area contributed by atoms with Crippen LogP contribution in [-0.2, 0) is 6.54 Å². The van der Waals surface area contributed by atoms with Gasteiger partial charge in [-0.25, -0.2) is 15.0 Å². The van der Waals surface area contributed by atoms with Crippen LogP contribution < -0.4 is 4.90 Å². The lowest BCUT2D eigenvalue weighted by molar-refractivity contribution is 0.763. The molecule has 4 nitrogen and oxygen atoms in total. The van der Waals surface area contributed by atoms with E-state index in [0.29, 0.717) is 5.15 Å². The predicted molar refractivity (Wildman–Crippen MR) is 80.1 cm³/mol. The van der Waals surface area contributed by atoms with Crippen molar-refractivity contribution >= 4 is 28.8 Å². The highest BCUT2D eigenvalue weighted by Gasteiger charge is 2.12. The Balaban J connectivity index is 2.23. The van der Waals surface area contributed by atoms with Crippen molar-refractivity contribution in [2.75, 3.05) is 11.9 Å². The van der Waals surface area contributed by atoms with Gasteiger partial charge in [-0.2, -0.15) is 0 Å². The molecule has 0 unspecified atom stereocenters. The van der Waals surface area contributed by atoms with Gasteiger partial charge >= 0.3 is 0 Å². The van der Waals surface area contributed by atoms with Crippen molar-refractivity contribution in [1.29, 1.82) is 0 Å². The molecule has 0 aliphatic heterocycles. The number of nitrogens with zero attached hydrogens (tertiary/aromatic N) is 4. The zero-order valence-electron chi connectivity index (χ0n) is 11.5. The van der Waals surface area contributed by atoms with Crippen LogP contribution in [0.5, 0.6) is 0 Å². The molecule has 0 saturated heterocycles. The summed E-state index contributed by atoms with van der Waals surface area (Å²) in [6.45, 7) is 6.92. The number of hydrogen-bond donors (Lipinski definition) is 0. The molecule has 0 radical (unpaired) electrons. The molecule has 0 fully saturated rings. The van der Waals surface area contributed by atoms with Crippen LogP contribution in [0.1, 0.15) is 36.2 Å². The van der Waals surface area contributed by atoms with Crippen molar-refractivity contribution in [1.82, 2.24) is 15.0 Å². The maximum absolute atomic E-state index is 6.06. The molecular weight excluding hydrogens is 280 g/mol. The van der Waals surface area contributed by atoms with Crippen LogP contribution in [0.25, 0.3) is 0 Å². The normalized spacial score (nSPS) is 11.1. The minimum absolute atomic E-state index is 0.260. The van der Waals surface area contributed by atoms with E-state index in [9.17, 15) is 0 Å². The number of thiazole rings is 1. The van der Waals surface area contributed by atoms with Crippen molar-refractivity contribution in [2.24, 2.45) is 0 Å². The van der Waals surface area contributed by atoms with E-state index in [2.05, 4.69) is 33.7 Å². The first-order chi connectivity index (χ1) is 8.97. The van der Waals surface area contributed by atoms with Crippen molar-refractivity contribution < 1.29 is 0 Å². The Labute approximate surface area is 122 Å². The Hall–Kier alpha value is -1.20. The first-order valence-corrected chi connectivity index (χ1v) is 7.37. The quantitative estimate of drug-likeness (QED) is 0.808. The highest BCUT2D eigenvalue weighted by molar-refractivity contribution is 7.09. The van der Waals surface area contributed by atoms with Gasteiger partial charge in [0.2, 0.25) is 0 Å². The van der Waals surface area contributed by atoms with Gasteiger partial charge in [0.25, 0.3) is 0 Å². The van der Waals surface area contributed by atoms with Crippen molar-refractivity contribution in [2.45, 2.75) is 33.2 Å². The third-order valence-electron chi connectivity index (χ3n) is 2.83. The molecule has 2 aromatic rings. The second kappa shape index (κ2) is 5.84. The van der Waals surface area contributed by atoms with Crippen LogP contribution in [-0.4, -0.2) is 22.0 Å². The molecule has 0 bridgehead atoms. The summed E-state index contributed by atoms with van der Waals surface area (Å²) in [5.41, 5.74) is 2.94. The lowest BCUT2D eigenvalue weighted by Gasteiger charge is -2.19. The topological polar surface area (TPSA) is 41.9 Å². The first-order valence-electron chi connectivity index (χ1n) is 6.12. The molecule has 0 aliphatic rings. The number of hydrogen-bond acceptors (Lipinski definition) is 5. The Kier molecular flexibility index (Phi) is 4.37. The molecular formula is C13H17ClN4S. The van der Waals surface area contributed by atoms with Gasteiger partial charge in [-0.3, -0.25) is 0 Å². The second-order valence-corrected chi connectivity index (χ2v) is 6.11. The predicted octanol–water partition coefficient (Wildman–Crippen LogP) is 3.65. The minimum atomic E-state index is 0.260. The van der Waals surface area contributed by atoms with Crippen LogP contribution in [0.2, 0.25) is 5.15 Å². The van der Waals surface area contributed by atoms with E-state index in [1.165, 1.54) is 4.88 Å². The first kappa shape index (κ1) is 14.2. The summed E-state index contributed by atoms with van der Waals surface area (Å²) in [6, 6.07) is 1.80. The SMILES string of the molecule is Cc1ncsc1CN(C)c1cc(Cl)nc(C(C)C)n1. The standard InChI is InChI=1S/C13H17ClN4S/c1-8(2)13-16-11(14)5-12(17-13)18(4)6-10-9(3)15-7-19-10/h5,7-8H,6H2,1-4H3. The number of anilines is 1. The summed E-state index contributed by atoms with van der Waals surface area (Å²) in [5, 5.41) is 0.488. The van der Waals surface area contributed by atoms with E-state index >= 15 is 0 Å². The van der Waals surface area contributed by atoms with Gasteiger partial charge in [0, 0.05) is 23.9 Å². The third-order valence-corrected chi connectivity index (χ3v) is 3.95. The molecule has 2 heterocycles. The maximum atomic E-state index is 6.06. The van der Waals surface area contributed by atoms with E-state index < -0.39 is 0 Å². The molecule has 0 saturated carbocycles. The average molecular weight is 297 g/mol. The monoisotopic (exact) mass is 296 g/mol. The number of aryl methyl sites for hydroxylation is 1. The number of halogens is 1. The lowest BCUT2D eigenvalue weighted by Crippen LogP contribution is -2.18. The molecule has 6 heteroatoms. The molecule has 0 aliphatic carbocycles. The molecule has 0 aromatic carbocycles. The molecule has 0 atom stereocenters. The van der Waals surface area contributed by atoms with Gasteiger partial charge in [-0.05, 0) is 6.92 Å². The molecule has 0 spiro atoms. The van der Waals surface area contributed by atoms with Gasteiger partial charge in [0.15, 0.2) is 0 Å². The summed E-state index contributed by atoms with van der Waals surface area (Å²) < 4.78 is 0. The fraction of sp³-hybridized carbons (Fsp3) is 0.462. The fourth-order valence-electron chi connectivity index (χ4n) is 1.65. The Bertz CT molecular complexity index is 568. The van der Waals surface area contributed by atoms with E-state index in [1.807, 2.05) is 19.5 Å².